The first kappa shape index (κ1) is 19.1. The number of anilines is 1. The van der Waals surface area contributed by atoms with Gasteiger partial charge in [0.15, 0.2) is 0 Å². The highest BCUT2D eigenvalue weighted by Gasteiger charge is 2.38. The summed E-state index contributed by atoms with van der Waals surface area (Å²) in [6.45, 7) is 1.69. The molecule has 7 heteroatoms. The van der Waals surface area contributed by atoms with Gasteiger partial charge in [-0.1, -0.05) is 18.9 Å². The molecular formula is C17H22ClF3N2O. The Labute approximate surface area is 145 Å². The minimum atomic E-state index is -4.41. The van der Waals surface area contributed by atoms with Crippen LogP contribution in [-0.2, 0) is 11.0 Å². The van der Waals surface area contributed by atoms with Gasteiger partial charge in [0, 0.05) is 11.7 Å². The van der Waals surface area contributed by atoms with Gasteiger partial charge in [0.05, 0.1) is 11.6 Å². The maximum absolute atomic E-state index is 12.8. The number of hydrogen-bond donors (Lipinski definition) is 2. The molecule has 3 unspecified atom stereocenters. The zero-order chi connectivity index (χ0) is 16.6. The molecule has 0 aromatic heterocycles. The fraction of sp³-hybridized carbons (Fsp3) is 0.588. The van der Waals surface area contributed by atoms with Gasteiger partial charge in [0.2, 0.25) is 5.91 Å². The van der Waals surface area contributed by atoms with Gasteiger partial charge in [-0.15, -0.1) is 12.4 Å². The second kappa shape index (κ2) is 7.31. The summed E-state index contributed by atoms with van der Waals surface area (Å²) in [6, 6.07) is 3.50. The molecule has 1 aromatic carbocycles. The summed E-state index contributed by atoms with van der Waals surface area (Å²) in [5, 5.41) is 6.02. The molecule has 1 saturated carbocycles. The van der Waals surface area contributed by atoms with Gasteiger partial charge in [-0.2, -0.15) is 13.2 Å². The van der Waals surface area contributed by atoms with Crippen molar-refractivity contribution < 1.29 is 18.0 Å². The zero-order valence-corrected chi connectivity index (χ0v) is 14.3. The predicted octanol–water partition coefficient (Wildman–Crippen LogP) is 4.29. The standard InChI is InChI=1S/C17H21F3N2O.ClH/c1-10-6-7-12(17(18,19)20)9-14(10)22-16(23)15-8-11-4-2-3-5-13(11)21-15;/h6-7,9,11,13,15,21H,2-5,8H2,1H3,(H,22,23);1H. The molecule has 1 aliphatic heterocycles. The van der Waals surface area contributed by atoms with Gasteiger partial charge in [-0.25, -0.2) is 0 Å². The average Bonchev–Trinajstić information content (AvgIpc) is 2.92. The number of fused-ring (bicyclic) bond motifs is 1. The second-order valence-corrected chi connectivity index (χ2v) is 6.62. The lowest BCUT2D eigenvalue weighted by Crippen LogP contribution is -2.40. The molecule has 2 N–H and O–H groups in total. The fourth-order valence-electron chi connectivity index (χ4n) is 3.67. The molecule has 2 aliphatic rings. The van der Waals surface area contributed by atoms with Crippen molar-refractivity contribution in [3.05, 3.63) is 29.3 Å². The number of rotatable bonds is 2. The first-order valence-corrected chi connectivity index (χ1v) is 8.09. The average molecular weight is 363 g/mol. The Balaban J connectivity index is 0.00000208. The molecule has 1 aliphatic carbocycles. The Bertz CT molecular complexity index is 592. The van der Waals surface area contributed by atoms with Gasteiger partial charge in [-0.3, -0.25) is 4.79 Å². The van der Waals surface area contributed by atoms with E-state index in [0.717, 1.165) is 31.4 Å². The molecule has 24 heavy (non-hydrogen) atoms. The zero-order valence-electron chi connectivity index (χ0n) is 13.5. The number of carbonyl (C=O) groups is 1. The van der Waals surface area contributed by atoms with Crippen molar-refractivity contribution in [2.24, 2.45) is 5.92 Å². The molecule has 0 radical (unpaired) electrons. The lowest BCUT2D eigenvalue weighted by atomic mass is 9.85. The number of carbonyl (C=O) groups excluding carboxylic acids is 1. The predicted molar refractivity (Wildman–Crippen MR) is 89.3 cm³/mol. The maximum atomic E-state index is 12.8. The van der Waals surface area contributed by atoms with E-state index < -0.39 is 11.7 Å². The quantitative estimate of drug-likeness (QED) is 0.823. The van der Waals surface area contributed by atoms with Gasteiger partial charge < -0.3 is 10.6 Å². The largest absolute Gasteiger partial charge is 0.416 e. The molecule has 3 nitrogen and oxygen atoms in total. The Morgan fingerprint density at radius 2 is 1.96 bits per heavy atom. The molecule has 3 rings (SSSR count). The highest BCUT2D eigenvalue weighted by atomic mass is 35.5. The minimum Gasteiger partial charge on any atom is -0.324 e. The van der Waals surface area contributed by atoms with Crippen LogP contribution in [0.15, 0.2) is 18.2 Å². The van der Waals surface area contributed by atoms with Crippen molar-refractivity contribution in [3.8, 4) is 0 Å². The van der Waals surface area contributed by atoms with E-state index in [1.807, 2.05) is 0 Å². The van der Waals surface area contributed by atoms with Crippen LogP contribution in [0, 0.1) is 12.8 Å². The number of alkyl halides is 3. The van der Waals surface area contributed by atoms with Crippen LogP contribution in [0.1, 0.15) is 43.2 Å². The van der Waals surface area contributed by atoms with Gasteiger partial charge in [0.1, 0.15) is 0 Å². The number of hydrogen-bond acceptors (Lipinski definition) is 2. The Morgan fingerprint density at radius 3 is 2.62 bits per heavy atom. The van der Waals surface area contributed by atoms with Crippen LogP contribution >= 0.6 is 12.4 Å². The monoisotopic (exact) mass is 362 g/mol. The molecule has 1 amide bonds. The normalized spacial score (nSPS) is 26.4. The van der Waals surface area contributed by atoms with E-state index in [9.17, 15) is 18.0 Å². The highest BCUT2D eigenvalue weighted by Crippen LogP contribution is 2.34. The van der Waals surface area contributed by atoms with E-state index in [1.165, 1.54) is 18.9 Å². The summed E-state index contributed by atoms with van der Waals surface area (Å²) in [4.78, 5) is 12.4. The summed E-state index contributed by atoms with van der Waals surface area (Å²) in [5.74, 6) is 0.281. The molecule has 2 fully saturated rings. The molecule has 1 saturated heterocycles. The van der Waals surface area contributed by atoms with Crippen molar-refractivity contribution in [3.63, 3.8) is 0 Å². The third-order valence-corrected chi connectivity index (χ3v) is 5.00. The van der Waals surface area contributed by atoms with Gasteiger partial charge in [-0.05, 0) is 49.8 Å². The summed E-state index contributed by atoms with van der Waals surface area (Å²) in [5.41, 5.74) is 0.120. The molecule has 0 bridgehead atoms. The third-order valence-electron chi connectivity index (χ3n) is 5.00. The summed E-state index contributed by atoms with van der Waals surface area (Å²) in [6.07, 6.45) is 0.947. The molecule has 134 valence electrons. The highest BCUT2D eigenvalue weighted by molar-refractivity contribution is 5.95. The van der Waals surface area contributed by atoms with Crippen molar-refractivity contribution in [2.45, 2.75) is 57.3 Å². The molecule has 0 spiro atoms. The smallest absolute Gasteiger partial charge is 0.324 e. The van der Waals surface area contributed by atoms with Crippen LogP contribution in [0.3, 0.4) is 0 Å². The van der Waals surface area contributed by atoms with E-state index in [-0.39, 0.29) is 30.0 Å². The third kappa shape index (κ3) is 4.03. The van der Waals surface area contributed by atoms with Crippen molar-refractivity contribution in [2.75, 3.05) is 5.32 Å². The first-order chi connectivity index (χ1) is 10.8. The van der Waals surface area contributed by atoms with Crippen LogP contribution in [-0.4, -0.2) is 18.0 Å². The van der Waals surface area contributed by atoms with Crippen LogP contribution in [0.5, 0.6) is 0 Å². The molecule has 1 aromatic rings. The maximum Gasteiger partial charge on any atom is 0.416 e. The van der Waals surface area contributed by atoms with Gasteiger partial charge >= 0.3 is 6.18 Å². The van der Waals surface area contributed by atoms with E-state index >= 15 is 0 Å². The Hall–Kier alpha value is -1.27. The Morgan fingerprint density at radius 1 is 1.25 bits per heavy atom. The Kier molecular flexibility index (Phi) is 5.81. The number of benzene rings is 1. The SMILES string of the molecule is Cc1ccc(C(F)(F)F)cc1NC(=O)C1CC2CCCCC2N1.Cl. The van der Waals surface area contributed by atoms with Crippen LogP contribution < -0.4 is 10.6 Å². The number of amides is 1. The summed E-state index contributed by atoms with van der Waals surface area (Å²) >= 11 is 0. The van der Waals surface area contributed by atoms with Crippen LogP contribution in [0.25, 0.3) is 0 Å². The lowest BCUT2D eigenvalue weighted by molar-refractivity contribution is -0.137. The van der Waals surface area contributed by atoms with Crippen molar-refractivity contribution in [1.29, 1.82) is 0 Å². The fourth-order valence-corrected chi connectivity index (χ4v) is 3.67. The van der Waals surface area contributed by atoms with E-state index in [2.05, 4.69) is 10.6 Å². The molecule has 1 heterocycles. The van der Waals surface area contributed by atoms with E-state index in [4.69, 9.17) is 0 Å². The number of nitrogens with one attached hydrogen (secondary N) is 2. The summed E-state index contributed by atoms with van der Waals surface area (Å²) in [7, 11) is 0. The lowest BCUT2D eigenvalue weighted by Gasteiger charge is -2.24. The van der Waals surface area contributed by atoms with Gasteiger partial charge in [0.25, 0.3) is 0 Å². The topological polar surface area (TPSA) is 41.1 Å². The van der Waals surface area contributed by atoms with Crippen molar-refractivity contribution in [1.82, 2.24) is 5.32 Å². The van der Waals surface area contributed by atoms with E-state index in [1.54, 1.807) is 6.92 Å². The van der Waals surface area contributed by atoms with Crippen LogP contribution in [0.2, 0.25) is 0 Å². The number of halogens is 4. The molecule has 3 atom stereocenters. The molecular weight excluding hydrogens is 341 g/mol. The number of aryl methyl sites for hydroxylation is 1. The minimum absolute atomic E-state index is 0. The van der Waals surface area contributed by atoms with Crippen LogP contribution in [0.4, 0.5) is 18.9 Å². The van der Waals surface area contributed by atoms with E-state index in [0.29, 0.717) is 17.5 Å². The van der Waals surface area contributed by atoms with Crippen molar-refractivity contribution >= 4 is 24.0 Å². The summed E-state index contributed by atoms with van der Waals surface area (Å²) < 4.78 is 38.4. The first-order valence-electron chi connectivity index (χ1n) is 8.09. The second-order valence-electron chi connectivity index (χ2n) is 6.62.